The van der Waals surface area contributed by atoms with Crippen LogP contribution < -0.4 is 14.2 Å². The maximum absolute atomic E-state index is 10.0. The molecule has 0 fully saturated rings. The fourth-order valence-corrected chi connectivity index (χ4v) is 6.39. The minimum absolute atomic E-state index is 0.0258. The van der Waals surface area contributed by atoms with Crippen LogP contribution >= 0.6 is 0 Å². The maximum Gasteiger partial charge on any atom is 0.203 e. The zero-order chi connectivity index (χ0) is 33.9. The molecule has 4 heteroatoms. The second kappa shape index (κ2) is 34.4. The third-order valence-electron chi connectivity index (χ3n) is 9.52. The van der Waals surface area contributed by atoms with Gasteiger partial charge in [0.15, 0.2) is 11.5 Å². The fraction of sp³-hybridized carbons (Fsp3) is 0.860. The Morgan fingerprint density at radius 1 is 0.362 bits per heavy atom. The Hall–Kier alpha value is -1.42. The Morgan fingerprint density at radius 2 is 0.617 bits per heavy atom. The number of ether oxygens (including phenoxy) is 3. The van der Waals surface area contributed by atoms with Gasteiger partial charge in [-0.1, -0.05) is 194 Å². The van der Waals surface area contributed by atoms with E-state index in [0.717, 1.165) is 42.1 Å². The van der Waals surface area contributed by atoms with Crippen molar-refractivity contribution < 1.29 is 19.3 Å². The summed E-state index contributed by atoms with van der Waals surface area (Å²) in [7, 11) is 0. The molecular formula is C43H80O4. The third kappa shape index (κ3) is 26.2. The lowest BCUT2D eigenvalue weighted by molar-refractivity contribution is 0.231. The monoisotopic (exact) mass is 661 g/mol. The van der Waals surface area contributed by atoms with Gasteiger partial charge in [-0.15, -0.1) is 0 Å². The molecule has 4 nitrogen and oxygen atoms in total. The summed E-state index contributed by atoms with van der Waals surface area (Å²) in [5, 5.41) is 10.0. The van der Waals surface area contributed by atoms with E-state index in [1.54, 1.807) is 0 Å². The molecule has 276 valence electrons. The van der Waals surface area contributed by atoms with Crippen molar-refractivity contribution in [3.8, 4) is 17.2 Å². The van der Waals surface area contributed by atoms with E-state index in [1.165, 1.54) is 173 Å². The maximum atomic E-state index is 10.0. The Bertz CT molecular complexity index is 732. The number of hydrogen-bond donors (Lipinski definition) is 1. The van der Waals surface area contributed by atoms with Crippen molar-refractivity contribution in [3.05, 3.63) is 17.7 Å². The molecule has 0 saturated heterocycles. The van der Waals surface area contributed by atoms with Crippen molar-refractivity contribution in [2.24, 2.45) is 0 Å². The van der Waals surface area contributed by atoms with Crippen LogP contribution in [0.15, 0.2) is 12.1 Å². The highest BCUT2D eigenvalue weighted by Crippen LogP contribution is 2.39. The quantitative estimate of drug-likeness (QED) is 0.0722. The van der Waals surface area contributed by atoms with Crippen LogP contribution in [0.4, 0.5) is 0 Å². The van der Waals surface area contributed by atoms with E-state index < -0.39 is 0 Å². The van der Waals surface area contributed by atoms with Gasteiger partial charge >= 0.3 is 0 Å². The van der Waals surface area contributed by atoms with Gasteiger partial charge in [-0.05, 0) is 37.0 Å². The fourth-order valence-electron chi connectivity index (χ4n) is 6.39. The normalized spacial score (nSPS) is 11.3. The highest BCUT2D eigenvalue weighted by Gasteiger charge is 2.16. The van der Waals surface area contributed by atoms with Crippen LogP contribution in [0.25, 0.3) is 0 Å². The van der Waals surface area contributed by atoms with E-state index in [9.17, 15) is 5.11 Å². The summed E-state index contributed by atoms with van der Waals surface area (Å²) >= 11 is 0. The number of unbranched alkanes of at least 4 members (excludes halogenated alkanes) is 27. The number of hydrogen-bond acceptors (Lipinski definition) is 4. The van der Waals surface area contributed by atoms with Crippen LogP contribution in [0.5, 0.6) is 17.2 Å². The molecule has 1 rings (SSSR count). The second-order valence-corrected chi connectivity index (χ2v) is 14.2. The number of aliphatic hydroxyl groups is 1. The average molecular weight is 661 g/mol. The highest BCUT2D eigenvalue weighted by atomic mass is 16.5. The first kappa shape index (κ1) is 43.6. The summed E-state index contributed by atoms with van der Waals surface area (Å²) in [4.78, 5) is 0. The summed E-state index contributed by atoms with van der Waals surface area (Å²) < 4.78 is 19.1. The van der Waals surface area contributed by atoms with Gasteiger partial charge < -0.3 is 19.3 Å². The van der Waals surface area contributed by atoms with Crippen molar-refractivity contribution in [1.29, 1.82) is 0 Å². The van der Waals surface area contributed by atoms with Gasteiger partial charge in [-0.3, -0.25) is 0 Å². The average Bonchev–Trinajstić information content (AvgIpc) is 3.09. The molecule has 0 radical (unpaired) electrons. The van der Waals surface area contributed by atoms with Crippen LogP contribution in [0, 0.1) is 0 Å². The van der Waals surface area contributed by atoms with Crippen LogP contribution in [-0.4, -0.2) is 24.9 Å². The van der Waals surface area contributed by atoms with Gasteiger partial charge in [0, 0.05) is 0 Å². The first-order valence-corrected chi connectivity index (χ1v) is 20.9. The van der Waals surface area contributed by atoms with E-state index in [2.05, 4.69) is 20.8 Å². The minimum Gasteiger partial charge on any atom is -0.490 e. The van der Waals surface area contributed by atoms with Gasteiger partial charge in [0.1, 0.15) is 0 Å². The van der Waals surface area contributed by atoms with Crippen molar-refractivity contribution >= 4 is 0 Å². The summed E-state index contributed by atoms with van der Waals surface area (Å²) in [5.41, 5.74) is 0.826. The lowest BCUT2D eigenvalue weighted by Gasteiger charge is -2.18. The summed E-state index contributed by atoms with van der Waals surface area (Å²) in [5.74, 6) is 2.20. The molecule has 1 aromatic carbocycles. The zero-order valence-electron chi connectivity index (χ0n) is 31.9. The molecule has 0 bridgehead atoms. The van der Waals surface area contributed by atoms with Crippen molar-refractivity contribution in [1.82, 2.24) is 0 Å². The third-order valence-corrected chi connectivity index (χ3v) is 9.52. The van der Waals surface area contributed by atoms with Crippen LogP contribution in [0.3, 0.4) is 0 Å². The van der Waals surface area contributed by atoms with Crippen LogP contribution in [0.2, 0.25) is 0 Å². The molecule has 1 N–H and O–H groups in total. The highest BCUT2D eigenvalue weighted by molar-refractivity contribution is 5.54. The molecule has 0 aromatic heterocycles. The lowest BCUT2D eigenvalue weighted by atomic mass is 10.1. The van der Waals surface area contributed by atoms with Gasteiger partial charge in [0.05, 0.1) is 26.4 Å². The molecule has 0 spiro atoms. The number of aliphatic hydroxyl groups excluding tert-OH is 1. The number of benzene rings is 1. The molecule has 0 atom stereocenters. The topological polar surface area (TPSA) is 47.9 Å². The SMILES string of the molecule is CCCCCCCCCCCCOc1cc(CO)cc(OCCCCCCCCCCCC)c1OCCCCCCCCCCCC. The molecule has 0 saturated carbocycles. The molecular weight excluding hydrogens is 580 g/mol. The predicted molar refractivity (Wildman–Crippen MR) is 204 cm³/mol. The molecule has 0 unspecified atom stereocenters. The van der Waals surface area contributed by atoms with Crippen LogP contribution in [-0.2, 0) is 6.61 Å². The first-order valence-electron chi connectivity index (χ1n) is 20.9. The van der Waals surface area contributed by atoms with Crippen molar-refractivity contribution in [2.75, 3.05) is 19.8 Å². The second-order valence-electron chi connectivity index (χ2n) is 14.2. The molecule has 1 aromatic rings. The molecule has 47 heavy (non-hydrogen) atoms. The Morgan fingerprint density at radius 3 is 0.894 bits per heavy atom. The van der Waals surface area contributed by atoms with Gasteiger partial charge in [0.2, 0.25) is 5.75 Å². The summed E-state index contributed by atoms with van der Waals surface area (Å²) in [6.07, 6.45) is 39.3. The molecule has 0 amide bonds. The standard InChI is InChI=1S/C43H80O4/c1-4-7-10-13-16-19-22-25-28-31-34-45-41-37-40(39-44)38-42(46-35-32-29-26-23-20-17-14-11-8-5-2)43(41)47-36-33-30-27-24-21-18-15-12-9-6-3/h37-38,44H,4-36,39H2,1-3H3. The van der Waals surface area contributed by atoms with Crippen molar-refractivity contribution in [2.45, 2.75) is 220 Å². The number of rotatable bonds is 37. The van der Waals surface area contributed by atoms with Gasteiger partial charge in [0.25, 0.3) is 0 Å². The Labute approximate surface area is 293 Å². The van der Waals surface area contributed by atoms with Crippen molar-refractivity contribution in [3.63, 3.8) is 0 Å². The first-order chi connectivity index (χ1) is 23.3. The lowest BCUT2D eigenvalue weighted by Crippen LogP contribution is -2.07. The van der Waals surface area contributed by atoms with E-state index in [-0.39, 0.29) is 6.61 Å². The van der Waals surface area contributed by atoms with Gasteiger partial charge in [-0.2, -0.15) is 0 Å². The molecule has 0 aliphatic carbocycles. The van der Waals surface area contributed by atoms with Gasteiger partial charge in [-0.25, -0.2) is 0 Å². The Balaban J connectivity index is 2.54. The summed E-state index contributed by atoms with van der Waals surface area (Å²) in [6.45, 7) is 8.85. The van der Waals surface area contributed by atoms with E-state index >= 15 is 0 Å². The molecule has 0 aliphatic heterocycles. The van der Waals surface area contributed by atoms with E-state index in [1.807, 2.05) is 12.1 Å². The summed E-state index contributed by atoms with van der Waals surface area (Å²) in [6, 6.07) is 3.91. The largest absolute Gasteiger partial charge is 0.490 e. The molecule has 0 aliphatic rings. The minimum atomic E-state index is -0.0258. The van der Waals surface area contributed by atoms with Crippen LogP contribution in [0.1, 0.15) is 219 Å². The molecule has 0 heterocycles. The predicted octanol–water partition coefficient (Wildman–Crippen LogP) is 14.1. The Kier molecular flexibility index (Phi) is 32.0. The van der Waals surface area contributed by atoms with E-state index in [4.69, 9.17) is 14.2 Å². The van der Waals surface area contributed by atoms with E-state index in [0.29, 0.717) is 19.8 Å². The smallest absolute Gasteiger partial charge is 0.203 e. The zero-order valence-corrected chi connectivity index (χ0v) is 31.9.